The molecule has 12 heteroatoms. The van der Waals surface area contributed by atoms with Crippen LogP contribution < -0.4 is 19.8 Å². The zero-order chi connectivity index (χ0) is 23.0. The molecule has 0 bridgehead atoms. The molecule has 0 aliphatic heterocycles. The van der Waals surface area contributed by atoms with E-state index in [0.29, 0.717) is 0 Å². The molecule has 32 heavy (non-hydrogen) atoms. The highest BCUT2D eigenvalue weighted by Crippen LogP contribution is 2.35. The number of aromatic nitrogens is 2. The molecule has 8 nitrogen and oxygen atoms in total. The average molecular weight is 469 g/mol. The van der Waals surface area contributed by atoms with Crippen molar-refractivity contribution in [2.24, 2.45) is 0 Å². The van der Waals surface area contributed by atoms with Crippen molar-refractivity contribution in [1.29, 1.82) is 0 Å². The molecule has 1 aromatic carbocycles. The maximum absolute atomic E-state index is 14.3. The fourth-order valence-corrected chi connectivity index (χ4v) is 4.54. The molecule has 0 radical (unpaired) electrons. The smallest absolute Gasteiger partial charge is 0.272 e. The van der Waals surface area contributed by atoms with E-state index in [9.17, 15) is 26.4 Å². The van der Waals surface area contributed by atoms with Crippen LogP contribution in [0.5, 0.6) is 11.8 Å². The van der Waals surface area contributed by atoms with Gasteiger partial charge in [0.15, 0.2) is 12.4 Å². The van der Waals surface area contributed by atoms with Gasteiger partial charge in [0.25, 0.3) is 27.9 Å². The zero-order valence-electron chi connectivity index (χ0n) is 16.7. The Kier molecular flexibility index (Phi) is 5.71. The summed E-state index contributed by atoms with van der Waals surface area (Å²) in [5, 5.41) is 0.431. The predicted molar refractivity (Wildman–Crippen MR) is 110 cm³/mol. The van der Waals surface area contributed by atoms with Crippen LogP contribution in [-0.4, -0.2) is 38.1 Å². The van der Waals surface area contributed by atoms with Crippen LogP contribution in [-0.2, 0) is 10.0 Å². The molecule has 1 aliphatic rings. The number of hydrogen-bond donors (Lipinski definition) is 1. The fourth-order valence-electron chi connectivity index (χ4n) is 3.27. The van der Waals surface area contributed by atoms with Gasteiger partial charge in [-0.25, -0.2) is 21.6 Å². The molecule has 2 heterocycles. The van der Waals surface area contributed by atoms with Gasteiger partial charge in [0.2, 0.25) is 5.88 Å². The van der Waals surface area contributed by atoms with Gasteiger partial charge in [-0.2, -0.15) is 4.98 Å². The van der Waals surface area contributed by atoms with Crippen LogP contribution in [0.15, 0.2) is 46.2 Å². The minimum absolute atomic E-state index is 0.120. The Morgan fingerprint density at radius 1 is 1.22 bits per heavy atom. The Morgan fingerprint density at radius 2 is 1.97 bits per heavy atom. The van der Waals surface area contributed by atoms with Crippen molar-refractivity contribution >= 4 is 26.5 Å². The molecular formula is C20H18F3N3O5S. The summed E-state index contributed by atoms with van der Waals surface area (Å²) in [4.78, 5) is 16.2. The third-order valence-electron chi connectivity index (χ3n) is 4.86. The fraction of sp³-hybridized carbons (Fsp3) is 0.300. The highest BCUT2D eigenvalue weighted by atomic mass is 32.2. The normalized spacial score (nSPS) is 14.0. The molecule has 4 rings (SSSR count). The Labute approximate surface area is 180 Å². The number of anilines is 1. The number of rotatable bonds is 8. The number of sulfonamides is 1. The summed E-state index contributed by atoms with van der Waals surface area (Å²) in [7, 11) is -3.16. The second-order valence-corrected chi connectivity index (χ2v) is 8.77. The van der Waals surface area contributed by atoms with Gasteiger partial charge in [-0.1, -0.05) is 6.07 Å². The van der Waals surface area contributed by atoms with E-state index < -0.39 is 34.8 Å². The second kappa shape index (κ2) is 8.34. The van der Waals surface area contributed by atoms with E-state index in [0.717, 1.165) is 26.0 Å². The van der Waals surface area contributed by atoms with Crippen LogP contribution in [0.4, 0.5) is 18.9 Å². The van der Waals surface area contributed by atoms with Gasteiger partial charge in [0.05, 0.1) is 12.0 Å². The largest absolute Gasteiger partial charge is 0.479 e. The summed E-state index contributed by atoms with van der Waals surface area (Å²) in [6, 6.07) is 6.66. The number of pyridine rings is 2. The Hall–Kier alpha value is -3.28. The first-order valence-electron chi connectivity index (χ1n) is 9.53. The molecule has 1 N–H and O–H groups in total. The number of nitrogens with one attached hydrogen (secondary N) is 1. The molecule has 0 unspecified atom stereocenters. The molecule has 0 atom stereocenters. The van der Waals surface area contributed by atoms with E-state index >= 15 is 0 Å². The van der Waals surface area contributed by atoms with Gasteiger partial charge in [-0.05, 0) is 31.0 Å². The number of nitrogens with zero attached hydrogens (tertiary/aromatic N) is 2. The van der Waals surface area contributed by atoms with E-state index in [2.05, 4.69) is 14.4 Å². The van der Waals surface area contributed by atoms with Crippen molar-refractivity contribution in [1.82, 2.24) is 9.55 Å². The molecule has 3 aromatic rings. The molecule has 1 aliphatic carbocycles. The van der Waals surface area contributed by atoms with Crippen LogP contribution in [0, 0.1) is 5.82 Å². The summed E-state index contributed by atoms with van der Waals surface area (Å²) >= 11 is 0. The number of alkyl halides is 2. The van der Waals surface area contributed by atoms with Crippen LogP contribution in [0.2, 0.25) is 0 Å². The molecular weight excluding hydrogens is 451 g/mol. The van der Waals surface area contributed by atoms with E-state index in [1.807, 2.05) is 0 Å². The summed E-state index contributed by atoms with van der Waals surface area (Å²) in [5.41, 5.74) is -0.661. The highest BCUT2D eigenvalue weighted by Gasteiger charge is 2.27. The Bertz CT molecular complexity index is 1340. The van der Waals surface area contributed by atoms with Crippen LogP contribution in [0.3, 0.4) is 0 Å². The first-order chi connectivity index (χ1) is 15.2. The molecule has 2 aromatic heterocycles. The van der Waals surface area contributed by atoms with Gasteiger partial charge in [-0.15, -0.1) is 0 Å². The minimum Gasteiger partial charge on any atom is -0.479 e. The summed E-state index contributed by atoms with van der Waals surface area (Å²) < 4.78 is 78.4. The lowest BCUT2D eigenvalue weighted by molar-refractivity contribution is 0.0770. The number of methoxy groups -OCH3 is 1. The van der Waals surface area contributed by atoms with E-state index in [1.54, 1.807) is 16.8 Å². The number of ether oxygens (including phenoxy) is 2. The standard InChI is InChI=1S/C20H18F3N3O5S/c1-30-19-15(9-14(21)18(24-19)31-10-17(22)23)25-32(28,29)16-4-2-3-13-12(16)7-8-26(20(13)27)11-5-6-11/h2-4,7-9,11,17,25H,5-6,10H2,1H3. The maximum Gasteiger partial charge on any atom is 0.272 e. The van der Waals surface area contributed by atoms with Gasteiger partial charge in [-0.3, -0.25) is 9.52 Å². The van der Waals surface area contributed by atoms with Gasteiger partial charge in [0.1, 0.15) is 5.69 Å². The SMILES string of the molecule is COc1nc(OCC(F)F)c(F)cc1NS(=O)(=O)c1cccc2c(=O)n(C3CC3)ccc12. The lowest BCUT2D eigenvalue weighted by atomic mass is 10.2. The maximum atomic E-state index is 14.3. The minimum atomic E-state index is -4.31. The summed E-state index contributed by atoms with van der Waals surface area (Å²) in [6.45, 7) is -1.09. The van der Waals surface area contributed by atoms with Crippen LogP contribution >= 0.6 is 0 Å². The second-order valence-electron chi connectivity index (χ2n) is 7.12. The first kappa shape index (κ1) is 21.9. The quantitative estimate of drug-likeness (QED) is 0.543. The first-order valence-corrected chi connectivity index (χ1v) is 11.0. The highest BCUT2D eigenvalue weighted by molar-refractivity contribution is 7.93. The summed E-state index contributed by atoms with van der Waals surface area (Å²) in [5.74, 6) is -2.29. The molecule has 0 saturated heterocycles. The number of halogens is 3. The van der Waals surface area contributed by atoms with Gasteiger partial charge < -0.3 is 14.0 Å². The lowest BCUT2D eigenvalue weighted by Crippen LogP contribution is -2.20. The topological polar surface area (TPSA) is 99.5 Å². The predicted octanol–water partition coefficient (Wildman–Crippen LogP) is 3.32. The molecule has 1 saturated carbocycles. The molecule has 170 valence electrons. The monoisotopic (exact) mass is 469 g/mol. The van der Waals surface area contributed by atoms with E-state index in [1.165, 1.54) is 18.2 Å². The number of benzene rings is 1. The van der Waals surface area contributed by atoms with Crippen molar-refractivity contribution in [3.8, 4) is 11.8 Å². The van der Waals surface area contributed by atoms with Crippen molar-refractivity contribution in [2.75, 3.05) is 18.4 Å². The molecule has 0 spiro atoms. The average Bonchev–Trinajstić information content (AvgIpc) is 3.58. The Balaban J connectivity index is 1.72. The lowest BCUT2D eigenvalue weighted by Gasteiger charge is -2.15. The number of fused-ring (bicyclic) bond motifs is 1. The van der Waals surface area contributed by atoms with Crippen LogP contribution in [0.25, 0.3) is 10.8 Å². The van der Waals surface area contributed by atoms with Gasteiger partial charge >= 0.3 is 0 Å². The third-order valence-corrected chi connectivity index (χ3v) is 6.28. The van der Waals surface area contributed by atoms with Crippen molar-refractivity contribution in [2.45, 2.75) is 30.2 Å². The van der Waals surface area contributed by atoms with Crippen molar-refractivity contribution in [3.63, 3.8) is 0 Å². The molecule has 1 fully saturated rings. The summed E-state index contributed by atoms with van der Waals surface area (Å²) in [6.07, 6.45) is 0.482. The Morgan fingerprint density at radius 3 is 2.62 bits per heavy atom. The van der Waals surface area contributed by atoms with Crippen molar-refractivity contribution < 1.29 is 31.1 Å². The zero-order valence-corrected chi connectivity index (χ0v) is 17.5. The van der Waals surface area contributed by atoms with Gasteiger partial charge in [0, 0.05) is 29.1 Å². The van der Waals surface area contributed by atoms with E-state index in [-0.39, 0.29) is 38.8 Å². The van der Waals surface area contributed by atoms with E-state index in [4.69, 9.17) is 4.74 Å². The molecule has 0 amide bonds. The third kappa shape index (κ3) is 4.22. The van der Waals surface area contributed by atoms with Crippen LogP contribution in [0.1, 0.15) is 18.9 Å². The number of hydrogen-bond acceptors (Lipinski definition) is 6. The van der Waals surface area contributed by atoms with Crippen molar-refractivity contribution in [3.05, 3.63) is 52.7 Å².